The fraction of sp³-hybridized carbons (Fsp3) is 0.800. The lowest BCUT2D eigenvalue weighted by Crippen LogP contribution is -2.49. The maximum Gasteiger partial charge on any atom is 0.417 e. The minimum atomic E-state index is -4.52. The molecule has 1 saturated carbocycles. The highest BCUT2D eigenvalue weighted by Gasteiger charge is 2.54. The van der Waals surface area contributed by atoms with Gasteiger partial charge in [0.05, 0.1) is 12.4 Å². The highest BCUT2D eigenvalue weighted by molar-refractivity contribution is 5.99. The van der Waals surface area contributed by atoms with Crippen molar-refractivity contribution in [2.45, 2.75) is 37.5 Å². The first-order valence-corrected chi connectivity index (χ1v) is 7.92. The molecule has 3 aliphatic rings. The number of alkyl halides is 3. The molecule has 23 heavy (non-hydrogen) atoms. The second-order valence-corrected chi connectivity index (χ2v) is 6.92. The van der Waals surface area contributed by atoms with Crippen molar-refractivity contribution in [1.29, 1.82) is 0 Å². The standard InChI is InChI=1S/C15H23F3N4O/c1-20-9-19-13-12(20)8-22(10-21(13)2)7-11-3-5-14(23,6-4-11)15(16,17)18/h8,11,23H,3-7,9-10H2,1-2H3. The third kappa shape index (κ3) is 3.00. The van der Waals surface area contributed by atoms with E-state index >= 15 is 0 Å². The number of likely N-dealkylation sites (N-methyl/N-ethyl adjacent to an activating group) is 2. The van der Waals surface area contributed by atoms with Crippen molar-refractivity contribution in [2.75, 3.05) is 34.0 Å². The average Bonchev–Trinajstić information content (AvgIpc) is 2.83. The minimum absolute atomic E-state index is 0.174. The van der Waals surface area contributed by atoms with Gasteiger partial charge in [-0.25, -0.2) is 4.99 Å². The Balaban J connectivity index is 1.61. The van der Waals surface area contributed by atoms with E-state index in [0.29, 0.717) is 32.7 Å². The molecule has 0 bridgehead atoms. The lowest BCUT2D eigenvalue weighted by atomic mass is 9.78. The molecule has 2 aliphatic heterocycles. The Morgan fingerprint density at radius 3 is 2.52 bits per heavy atom. The van der Waals surface area contributed by atoms with Gasteiger partial charge in [0.1, 0.15) is 6.67 Å². The number of halogens is 3. The predicted octanol–water partition coefficient (Wildman–Crippen LogP) is 1.82. The highest BCUT2D eigenvalue weighted by atomic mass is 19.4. The van der Waals surface area contributed by atoms with Crippen LogP contribution >= 0.6 is 0 Å². The van der Waals surface area contributed by atoms with E-state index < -0.39 is 11.8 Å². The monoisotopic (exact) mass is 332 g/mol. The van der Waals surface area contributed by atoms with Crippen molar-refractivity contribution in [1.82, 2.24) is 14.7 Å². The molecule has 0 amide bonds. The van der Waals surface area contributed by atoms with Crippen LogP contribution in [0.3, 0.4) is 0 Å². The second-order valence-electron chi connectivity index (χ2n) is 6.92. The van der Waals surface area contributed by atoms with Crippen molar-refractivity contribution in [3.8, 4) is 0 Å². The van der Waals surface area contributed by atoms with E-state index in [1.807, 2.05) is 14.1 Å². The topological polar surface area (TPSA) is 42.3 Å². The number of nitrogens with zero attached hydrogens (tertiary/aromatic N) is 4. The molecule has 1 fully saturated rings. The van der Waals surface area contributed by atoms with E-state index in [1.165, 1.54) is 0 Å². The number of fused-ring (bicyclic) bond motifs is 1. The molecule has 0 atom stereocenters. The Bertz CT molecular complexity index is 523. The summed E-state index contributed by atoms with van der Waals surface area (Å²) in [4.78, 5) is 10.7. The van der Waals surface area contributed by atoms with Crippen molar-refractivity contribution < 1.29 is 18.3 Å². The fourth-order valence-corrected chi connectivity index (χ4v) is 3.59. The number of hydrogen-bond donors (Lipinski definition) is 1. The number of rotatable bonds is 2. The summed E-state index contributed by atoms with van der Waals surface area (Å²) in [5.41, 5.74) is -1.44. The number of aliphatic imine (C=N–C) groups is 1. The van der Waals surface area contributed by atoms with E-state index in [-0.39, 0.29) is 18.8 Å². The third-order valence-corrected chi connectivity index (χ3v) is 5.09. The summed E-state index contributed by atoms with van der Waals surface area (Å²) in [6.45, 7) is 2.04. The quantitative estimate of drug-likeness (QED) is 0.838. The first kappa shape index (κ1) is 16.4. The van der Waals surface area contributed by atoms with Gasteiger partial charge >= 0.3 is 6.18 Å². The zero-order valence-electron chi connectivity index (χ0n) is 13.5. The molecule has 0 unspecified atom stereocenters. The zero-order chi connectivity index (χ0) is 16.8. The van der Waals surface area contributed by atoms with Crippen LogP contribution in [0.1, 0.15) is 25.7 Å². The molecule has 0 aromatic rings. The molecule has 130 valence electrons. The number of amidine groups is 1. The average molecular weight is 332 g/mol. The number of hydrogen-bond acceptors (Lipinski definition) is 5. The van der Waals surface area contributed by atoms with Gasteiger partial charge in [0.15, 0.2) is 11.4 Å². The zero-order valence-corrected chi connectivity index (χ0v) is 13.5. The van der Waals surface area contributed by atoms with Crippen LogP contribution in [-0.4, -0.2) is 71.4 Å². The molecular weight excluding hydrogens is 309 g/mol. The van der Waals surface area contributed by atoms with Gasteiger partial charge in [-0.15, -0.1) is 0 Å². The summed E-state index contributed by atoms with van der Waals surface area (Å²) >= 11 is 0. The highest BCUT2D eigenvalue weighted by Crippen LogP contribution is 2.43. The minimum Gasteiger partial charge on any atom is -0.380 e. The molecule has 1 N–H and O–H groups in total. The maximum absolute atomic E-state index is 12.9. The Morgan fingerprint density at radius 1 is 1.26 bits per heavy atom. The first-order valence-electron chi connectivity index (χ1n) is 7.92. The van der Waals surface area contributed by atoms with Gasteiger partial charge in [0.25, 0.3) is 0 Å². The van der Waals surface area contributed by atoms with Gasteiger partial charge in [0.2, 0.25) is 0 Å². The molecule has 0 aromatic heterocycles. The molecule has 2 heterocycles. The van der Waals surface area contributed by atoms with Crippen molar-refractivity contribution in [3.63, 3.8) is 0 Å². The van der Waals surface area contributed by atoms with Crippen molar-refractivity contribution in [3.05, 3.63) is 11.9 Å². The Morgan fingerprint density at radius 2 is 1.91 bits per heavy atom. The van der Waals surface area contributed by atoms with Crippen LogP contribution in [0, 0.1) is 5.92 Å². The summed E-state index contributed by atoms with van der Waals surface area (Å²) in [5.74, 6) is 1.15. The lowest BCUT2D eigenvalue weighted by Gasteiger charge is -2.40. The van der Waals surface area contributed by atoms with Crippen LogP contribution in [-0.2, 0) is 0 Å². The molecule has 8 heteroatoms. The molecule has 1 aliphatic carbocycles. The summed E-state index contributed by atoms with van der Waals surface area (Å²) in [6, 6.07) is 0. The van der Waals surface area contributed by atoms with Gasteiger partial charge in [-0.05, 0) is 31.6 Å². The Kier molecular flexibility index (Phi) is 3.98. The molecule has 0 radical (unpaired) electrons. The van der Waals surface area contributed by atoms with Crippen LogP contribution in [0.25, 0.3) is 0 Å². The molecule has 0 aromatic carbocycles. The van der Waals surface area contributed by atoms with Crippen LogP contribution in [0.15, 0.2) is 16.9 Å². The van der Waals surface area contributed by atoms with Crippen molar-refractivity contribution >= 4 is 5.84 Å². The largest absolute Gasteiger partial charge is 0.417 e. The van der Waals surface area contributed by atoms with Gasteiger partial charge in [0, 0.05) is 26.8 Å². The summed E-state index contributed by atoms with van der Waals surface area (Å²) in [6.07, 6.45) is -2.08. The Hall–Kier alpha value is -1.44. The first-order chi connectivity index (χ1) is 10.7. The third-order valence-electron chi connectivity index (χ3n) is 5.09. The normalized spacial score (nSPS) is 31.9. The second kappa shape index (κ2) is 5.58. The number of aliphatic hydroxyl groups is 1. The van der Waals surface area contributed by atoms with Crippen LogP contribution in [0.2, 0.25) is 0 Å². The maximum atomic E-state index is 12.9. The fourth-order valence-electron chi connectivity index (χ4n) is 3.59. The smallest absolute Gasteiger partial charge is 0.380 e. The summed E-state index contributed by atoms with van der Waals surface area (Å²) in [7, 11) is 3.95. The predicted molar refractivity (Wildman–Crippen MR) is 80.4 cm³/mol. The SMILES string of the molecule is CN1CN=C2C1=CN(CC1CCC(O)(C(F)(F)F)CC1)CN2C. The van der Waals surface area contributed by atoms with E-state index in [1.54, 1.807) is 0 Å². The molecule has 0 saturated heterocycles. The van der Waals surface area contributed by atoms with E-state index in [2.05, 4.69) is 25.9 Å². The van der Waals surface area contributed by atoms with Gasteiger partial charge in [-0.2, -0.15) is 13.2 Å². The van der Waals surface area contributed by atoms with Gasteiger partial charge < -0.3 is 19.8 Å². The van der Waals surface area contributed by atoms with Crippen molar-refractivity contribution in [2.24, 2.45) is 10.9 Å². The molecule has 3 rings (SSSR count). The molecular formula is C15H23F3N4O. The molecule has 5 nitrogen and oxygen atoms in total. The van der Waals surface area contributed by atoms with Crippen LogP contribution in [0.5, 0.6) is 0 Å². The van der Waals surface area contributed by atoms with E-state index in [9.17, 15) is 18.3 Å². The Labute approximate surface area is 134 Å². The summed E-state index contributed by atoms with van der Waals surface area (Å²) in [5, 5.41) is 9.75. The lowest BCUT2D eigenvalue weighted by molar-refractivity contribution is -0.272. The van der Waals surface area contributed by atoms with Gasteiger partial charge in [-0.1, -0.05) is 0 Å². The van der Waals surface area contributed by atoms with Gasteiger partial charge in [-0.3, -0.25) is 0 Å². The van der Waals surface area contributed by atoms with E-state index in [4.69, 9.17) is 0 Å². The van der Waals surface area contributed by atoms with E-state index in [0.717, 1.165) is 11.5 Å². The molecule has 0 spiro atoms. The van der Waals surface area contributed by atoms with Crippen LogP contribution < -0.4 is 0 Å². The van der Waals surface area contributed by atoms with Crippen LogP contribution in [0.4, 0.5) is 13.2 Å². The summed E-state index contributed by atoms with van der Waals surface area (Å²) < 4.78 is 38.6.